The van der Waals surface area contributed by atoms with Crippen molar-refractivity contribution < 1.29 is 9.90 Å². The minimum absolute atomic E-state index is 0.289. The lowest BCUT2D eigenvalue weighted by atomic mass is 9.92. The van der Waals surface area contributed by atoms with Crippen molar-refractivity contribution in [3.63, 3.8) is 0 Å². The zero-order valence-corrected chi connectivity index (χ0v) is 15.0. The Morgan fingerprint density at radius 3 is 2.57 bits per heavy atom. The third-order valence-corrected chi connectivity index (χ3v) is 4.94. The van der Waals surface area contributed by atoms with Crippen molar-refractivity contribution >= 4 is 5.97 Å². The first-order valence-corrected chi connectivity index (χ1v) is 9.77. The molecule has 0 saturated heterocycles. The van der Waals surface area contributed by atoms with E-state index in [1.54, 1.807) is 0 Å². The molecule has 1 N–H and O–H groups in total. The first-order chi connectivity index (χ1) is 11.2. The first kappa shape index (κ1) is 20.0. The van der Waals surface area contributed by atoms with E-state index in [0.717, 1.165) is 24.7 Å². The van der Waals surface area contributed by atoms with Gasteiger partial charge in [-0.1, -0.05) is 63.3 Å². The van der Waals surface area contributed by atoms with Gasteiger partial charge in [-0.2, -0.15) is 0 Å². The Labute approximate surface area is 143 Å². The summed E-state index contributed by atoms with van der Waals surface area (Å²) in [5.41, 5.74) is 0. The number of carbonyl (C=O) groups is 1. The van der Waals surface area contributed by atoms with Gasteiger partial charge in [0.1, 0.15) is 0 Å². The number of unbranched alkanes of at least 4 members (excludes halogenated alkanes) is 6. The molecule has 1 aliphatic carbocycles. The van der Waals surface area contributed by atoms with Crippen LogP contribution in [-0.2, 0) is 4.79 Å². The van der Waals surface area contributed by atoms with Crippen LogP contribution < -0.4 is 0 Å². The Kier molecular flexibility index (Phi) is 11.6. The summed E-state index contributed by atoms with van der Waals surface area (Å²) < 4.78 is 0. The third kappa shape index (κ3) is 10.4. The maximum Gasteiger partial charge on any atom is 0.303 e. The highest BCUT2D eigenvalue weighted by atomic mass is 16.4. The summed E-state index contributed by atoms with van der Waals surface area (Å²) in [5, 5.41) is 8.61. The zero-order valence-electron chi connectivity index (χ0n) is 15.0. The molecule has 0 bridgehead atoms. The second kappa shape index (κ2) is 13.4. The van der Waals surface area contributed by atoms with E-state index in [9.17, 15) is 4.79 Å². The van der Waals surface area contributed by atoms with Crippen molar-refractivity contribution in [3.05, 3.63) is 24.3 Å². The van der Waals surface area contributed by atoms with E-state index in [1.165, 1.54) is 64.2 Å². The van der Waals surface area contributed by atoms with Gasteiger partial charge < -0.3 is 5.11 Å². The molecule has 0 radical (unpaired) electrons. The summed E-state index contributed by atoms with van der Waals surface area (Å²) in [4.78, 5) is 10.5. The average Bonchev–Trinajstić information content (AvgIpc) is 2.97. The lowest BCUT2D eigenvalue weighted by molar-refractivity contribution is -0.137. The van der Waals surface area contributed by atoms with Gasteiger partial charge in [-0.25, -0.2) is 0 Å². The van der Waals surface area contributed by atoms with Gasteiger partial charge in [0.2, 0.25) is 0 Å². The topological polar surface area (TPSA) is 37.3 Å². The van der Waals surface area contributed by atoms with Gasteiger partial charge in [-0.15, -0.1) is 0 Å². The average molecular weight is 321 g/mol. The van der Waals surface area contributed by atoms with Gasteiger partial charge in [0.05, 0.1) is 0 Å². The fraction of sp³-hybridized carbons (Fsp3) is 0.762. The molecule has 0 spiro atoms. The number of rotatable bonds is 13. The van der Waals surface area contributed by atoms with E-state index in [1.807, 2.05) is 0 Å². The molecule has 1 saturated carbocycles. The molecule has 132 valence electrons. The standard InChI is InChI=1S/C21H36O2/c1-2-3-4-5-6-7-10-14-19-16-13-17-20(19)15-11-8-9-12-18-21(22)23/h8,10-11,14,19-20H,2-7,9,12-13,15-18H2,1H3,(H,22,23)/t19-,20-/m0/s1. The normalized spacial score (nSPS) is 21.6. The minimum Gasteiger partial charge on any atom is -0.481 e. The van der Waals surface area contributed by atoms with E-state index in [0.29, 0.717) is 0 Å². The van der Waals surface area contributed by atoms with Gasteiger partial charge in [-0.3, -0.25) is 4.79 Å². The minimum atomic E-state index is -0.686. The van der Waals surface area contributed by atoms with Crippen LogP contribution in [-0.4, -0.2) is 11.1 Å². The molecule has 0 aliphatic heterocycles. The van der Waals surface area contributed by atoms with Crippen LogP contribution in [0.4, 0.5) is 0 Å². The van der Waals surface area contributed by atoms with Crippen molar-refractivity contribution in [2.75, 3.05) is 0 Å². The highest BCUT2D eigenvalue weighted by molar-refractivity contribution is 5.66. The van der Waals surface area contributed by atoms with Gasteiger partial charge in [0.15, 0.2) is 0 Å². The van der Waals surface area contributed by atoms with E-state index in [4.69, 9.17) is 5.11 Å². The zero-order chi connectivity index (χ0) is 16.8. The lowest BCUT2D eigenvalue weighted by Crippen LogP contribution is -2.03. The van der Waals surface area contributed by atoms with Crippen molar-refractivity contribution in [1.82, 2.24) is 0 Å². The number of hydrogen-bond acceptors (Lipinski definition) is 1. The quantitative estimate of drug-likeness (QED) is 0.310. The van der Waals surface area contributed by atoms with Gasteiger partial charge in [0.25, 0.3) is 0 Å². The van der Waals surface area contributed by atoms with Crippen molar-refractivity contribution in [2.24, 2.45) is 11.8 Å². The Morgan fingerprint density at radius 2 is 1.78 bits per heavy atom. The van der Waals surface area contributed by atoms with Gasteiger partial charge in [-0.05, 0) is 56.8 Å². The van der Waals surface area contributed by atoms with Crippen molar-refractivity contribution in [1.29, 1.82) is 0 Å². The van der Waals surface area contributed by atoms with Crippen LogP contribution in [0, 0.1) is 11.8 Å². The molecule has 2 heteroatoms. The molecule has 0 heterocycles. The second-order valence-electron chi connectivity index (χ2n) is 6.98. The van der Waals surface area contributed by atoms with E-state index in [2.05, 4.69) is 31.2 Å². The van der Waals surface area contributed by atoms with Crippen LogP contribution in [0.2, 0.25) is 0 Å². The van der Waals surface area contributed by atoms with Gasteiger partial charge in [0, 0.05) is 6.42 Å². The van der Waals surface area contributed by atoms with Crippen LogP contribution in [0.25, 0.3) is 0 Å². The molecular weight excluding hydrogens is 284 g/mol. The molecular formula is C21H36O2. The number of carboxylic acid groups (broad SMARTS) is 1. The van der Waals surface area contributed by atoms with Crippen LogP contribution in [0.5, 0.6) is 0 Å². The summed E-state index contributed by atoms with van der Waals surface area (Å²) in [6, 6.07) is 0. The number of aliphatic carboxylic acids is 1. The Hall–Kier alpha value is -1.05. The maximum absolute atomic E-state index is 10.5. The summed E-state index contributed by atoms with van der Waals surface area (Å²) in [5.74, 6) is 0.894. The summed E-state index contributed by atoms with van der Waals surface area (Å²) in [7, 11) is 0. The summed E-state index contributed by atoms with van der Waals surface area (Å²) >= 11 is 0. The largest absolute Gasteiger partial charge is 0.481 e. The molecule has 0 unspecified atom stereocenters. The fourth-order valence-corrected chi connectivity index (χ4v) is 3.51. The SMILES string of the molecule is CCCCCCCC=C[C@H]1CCC[C@@H]1CC=CCCCC(=O)O. The smallest absolute Gasteiger partial charge is 0.303 e. The fourth-order valence-electron chi connectivity index (χ4n) is 3.51. The highest BCUT2D eigenvalue weighted by Crippen LogP contribution is 2.35. The molecule has 0 aromatic carbocycles. The molecule has 1 aliphatic rings. The molecule has 1 rings (SSSR count). The first-order valence-electron chi connectivity index (χ1n) is 9.77. The monoisotopic (exact) mass is 320 g/mol. The van der Waals surface area contributed by atoms with E-state index in [-0.39, 0.29) is 6.42 Å². The lowest BCUT2D eigenvalue weighted by Gasteiger charge is -2.14. The molecule has 23 heavy (non-hydrogen) atoms. The van der Waals surface area contributed by atoms with Gasteiger partial charge >= 0.3 is 5.97 Å². The van der Waals surface area contributed by atoms with Crippen LogP contribution in [0.15, 0.2) is 24.3 Å². The molecule has 2 nitrogen and oxygen atoms in total. The van der Waals surface area contributed by atoms with E-state index >= 15 is 0 Å². The molecule has 0 aromatic rings. The molecule has 0 amide bonds. The van der Waals surface area contributed by atoms with Crippen molar-refractivity contribution in [2.45, 2.75) is 90.4 Å². The molecule has 2 atom stereocenters. The summed E-state index contributed by atoms with van der Waals surface area (Å²) in [6.07, 6.45) is 24.6. The Morgan fingerprint density at radius 1 is 1.00 bits per heavy atom. The summed E-state index contributed by atoms with van der Waals surface area (Å²) in [6.45, 7) is 2.26. The Balaban J connectivity index is 2.13. The predicted molar refractivity (Wildman–Crippen MR) is 98.6 cm³/mol. The number of hydrogen-bond donors (Lipinski definition) is 1. The van der Waals surface area contributed by atoms with Crippen LogP contribution in [0.3, 0.4) is 0 Å². The number of carboxylic acids is 1. The number of allylic oxidation sites excluding steroid dienone is 4. The third-order valence-electron chi connectivity index (χ3n) is 4.94. The van der Waals surface area contributed by atoms with E-state index < -0.39 is 5.97 Å². The molecule has 1 fully saturated rings. The van der Waals surface area contributed by atoms with Crippen LogP contribution in [0.1, 0.15) is 90.4 Å². The highest BCUT2D eigenvalue weighted by Gasteiger charge is 2.23. The predicted octanol–water partition coefficient (Wildman–Crippen LogP) is 6.52. The second-order valence-corrected chi connectivity index (χ2v) is 6.98. The van der Waals surface area contributed by atoms with Crippen molar-refractivity contribution in [3.8, 4) is 0 Å². The Bertz CT molecular complexity index is 357. The maximum atomic E-state index is 10.5. The van der Waals surface area contributed by atoms with Crippen LogP contribution >= 0.6 is 0 Å². The molecule has 0 aromatic heterocycles.